The number of piperidine rings is 1. The smallest absolute Gasteiger partial charge is 0.248 e. The van der Waals surface area contributed by atoms with Crippen LogP contribution < -0.4 is 11.1 Å². The van der Waals surface area contributed by atoms with Crippen LogP contribution in [0.2, 0.25) is 0 Å². The molecule has 2 saturated heterocycles. The molecule has 196 valence electrons. The summed E-state index contributed by atoms with van der Waals surface area (Å²) < 4.78 is 0. The number of hydrogen-bond acceptors (Lipinski definition) is 4. The van der Waals surface area contributed by atoms with E-state index >= 15 is 0 Å². The van der Waals surface area contributed by atoms with Crippen molar-refractivity contribution in [1.29, 1.82) is 5.41 Å². The topological polar surface area (TPSA) is 123 Å². The highest BCUT2D eigenvalue weighted by Crippen LogP contribution is 2.16. The first-order chi connectivity index (χ1) is 17.4. The molecule has 0 saturated carbocycles. The number of rotatable bonds is 6. The molecule has 8 heteroatoms. The third-order valence-electron chi connectivity index (χ3n) is 6.55. The van der Waals surface area contributed by atoms with E-state index < -0.39 is 0 Å². The molecule has 0 aliphatic carbocycles. The molecule has 0 bridgehead atoms. The summed E-state index contributed by atoms with van der Waals surface area (Å²) in [7, 11) is 0. The van der Waals surface area contributed by atoms with E-state index in [4.69, 9.17) is 16.2 Å². The Kier molecular flexibility index (Phi) is 13.1. The van der Waals surface area contributed by atoms with Crippen molar-refractivity contribution in [3.63, 3.8) is 0 Å². The zero-order chi connectivity index (χ0) is 26.2. The van der Waals surface area contributed by atoms with Crippen LogP contribution in [-0.2, 0) is 16.0 Å². The van der Waals surface area contributed by atoms with E-state index in [0.29, 0.717) is 12.0 Å². The average Bonchev–Trinajstić information content (AvgIpc) is 3.35. The molecule has 2 aliphatic heterocycles. The summed E-state index contributed by atoms with van der Waals surface area (Å²) in [5.41, 5.74) is 8.09. The molecule has 1 unspecified atom stereocenters. The van der Waals surface area contributed by atoms with Crippen molar-refractivity contribution in [2.45, 2.75) is 45.1 Å². The van der Waals surface area contributed by atoms with E-state index in [9.17, 15) is 9.59 Å². The predicted molar refractivity (Wildman–Crippen MR) is 143 cm³/mol. The van der Waals surface area contributed by atoms with Crippen molar-refractivity contribution >= 4 is 18.3 Å². The fourth-order valence-corrected chi connectivity index (χ4v) is 4.41. The molecule has 2 aromatic carbocycles. The molecule has 5 N–H and O–H groups in total. The molecule has 2 fully saturated rings. The first-order valence-electron chi connectivity index (χ1n) is 12.7. The Hall–Kier alpha value is -3.39. The van der Waals surface area contributed by atoms with E-state index in [-0.39, 0.29) is 18.5 Å². The predicted octanol–water partition coefficient (Wildman–Crippen LogP) is 2.60. The number of aliphatic hydroxyl groups is 1. The fraction of sp³-hybridized carbons (Fsp3) is 0.464. The normalized spacial score (nSPS) is 17.2. The van der Waals surface area contributed by atoms with Gasteiger partial charge in [-0.05, 0) is 56.1 Å². The highest BCUT2D eigenvalue weighted by Gasteiger charge is 2.23. The number of carbonyl (C=O) groups excluding carboxylic acids is 2. The van der Waals surface area contributed by atoms with E-state index in [1.807, 2.05) is 11.8 Å². The van der Waals surface area contributed by atoms with E-state index in [0.717, 1.165) is 64.7 Å². The second kappa shape index (κ2) is 16.3. The third kappa shape index (κ3) is 10.5. The Morgan fingerprint density at radius 1 is 1.03 bits per heavy atom. The highest BCUT2D eigenvalue weighted by molar-refractivity contribution is 5.77. The molecule has 2 aromatic rings. The lowest BCUT2D eigenvalue weighted by atomic mass is 9.97. The van der Waals surface area contributed by atoms with Gasteiger partial charge in [-0.3, -0.25) is 15.0 Å². The number of guanidine groups is 1. The molecular weight excluding hydrogens is 454 g/mol. The maximum Gasteiger partial charge on any atom is 0.248 e. The van der Waals surface area contributed by atoms with Crippen molar-refractivity contribution in [1.82, 2.24) is 15.1 Å². The number of amides is 2. The number of hydrogen-bond donors (Lipinski definition) is 4. The van der Waals surface area contributed by atoms with Gasteiger partial charge in [-0.2, -0.15) is 0 Å². The first-order valence-corrected chi connectivity index (χ1v) is 12.7. The van der Waals surface area contributed by atoms with Gasteiger partial charge in [0.15, 0.2) is 5.96 Å². The van der Waals surface area contributed by atoms with Gasteiger partial charge in [-0.15, -0.1) is 0 Å². The minimum atomic E-state index is -0.343. The van der Waals surface area contributed by atoms with Crippen LogP contribution >= 0.6 is 0 Å². The molecule has 0 radical (unpaired) electrons. The summed E-state index contributed by atoms with van der Waals surface area (Å²) in [6, 6.07) is 21.4. The van der Waals surface area contributed by atoms with Crippen LogP contribution in [0, 0.1) is 11.3 Å². The monoisotopic (exact) mass is 495 g/mol. The van der Waals surface area contributed by atoms with Gasteiger partial charge >= 0.3 is 0 Å². The van der Waals surface area contributed by atoms with Crippen LogP contribution in [-0.4, -0.2) is 72.0 Å². The van der Waals surface area contributed by atoms with Gasteiger partial charge in [0.25, 0.3) is 0 Å². The summed E-state index contributed by atoms with van der Waals surface area (Å²) in [6.45, 7) is 4.90. The van der Waals surface area contributed by atoms with Crippen molar-refractivity contribution < 1.29 is 14.7 Å². The second-order valence-electron chi connectivity index (χ2n) is 9.23. The van der Waals surface area contributed by atoms with Crippen LogP contribution in [0.25, 0.3) is 0 Å². The maximum atomic E-state index is 10.9. The maximum absolute atomic E-state index is 10.9. The molecule has 0 aromatic heterocycles. The summed E-state index contributed by atoms with van der Waals surface area (Å²) in [5, 5.41) is 18.4. The van der Waals surface area contributed by atoms with Gasteiger partial charge in [-0.25, -0.2) is 0 Å². The Morgan fingerprint density at radius 3 is 2.00 bits per heavy atom. The zero-order valence-electron chi connectivity index (χ0n) is 21.3. The number of benzene rings is 2. The third-order valence-corrected chi connectivity index (χ3v) is 6.55. The number of nitrogens with zero attached hydrogens (tertiary/aromatic N) is 2. The number of nitrogens with two attached hydrogens (primary N) is 1. The SMILES string of the molecule is CC1CCCN1C(=O)CO.N=C(N)N1CCC(CNC=O)CC1.c1ccc(Cc2ccccc2)cc1. The van der Waals surface area contributed by atoms with Crippen LogP contribution in [0.1, 0.15) is 43.7 Å². The van der Waals surface area contributed by atoms with Gasteiger partial charge in [0.05, 0.1) is 0 Å². The quantitative estimate of drug-likeness (QED) is 0.279. The lowest BCUT2D eigenvalue weighted by Gasteiger charge is -2.31. The van der Waals surface area contributed by atoms with Crippen LogP contribution in [0.5, 0.6) is 0 Å². The minimum absolute atomic E-state index is 0.134. The summed E-state index contributed by atoms with van der Waals surface area (Å²) >= 11 is 0. The lowest BCUT2D eigenvalue weighted by Crippen LogP contribution is -2.43. The molecular formula is C28H41N5O3. The Labute approximate surface area is 215 Å². The first kappa shape index (κ1) is 28.8. The fourth-order valence-electron chi connectivity index (χ4n) is 4.41. The van der Waals surface area contributed by atoms with Crippen molar-refractivity contribution in [3.8, 4) is 0 Å². The Bertz CT molecular complexity index is 864. The molecule has 4 rings (SSSR count). The van der Waals surface area contributed by atoms with Crippen molar-refractivity contribution in [3.05, 3.63) is 71.8 Å². The minimum Gasteiger partial charge on any atom is -0.387 e. The highest BCUT2D eigenvalue weighted by atomic mass is 16.3. The average molecular weight is 496 g/mol. The lowest BCUT2D eigenvalue weighted by molar-refractivity contribution is -0.134. The Morgan fingerprint density at radius 2 is 1.58 bits per heavy atom. The summed E-state index contributed by atoms with van der Waals surface area (Å²) in [5.74, 6) is 0.563. The van der Waals surface area contributed by atoms with E-state index in [2.05, 4.69) is 66.0 Å². The molecule has 2 aliphatic rings. The van der Waals surface area contributed by atoms with Gasteiger partial charge in [0.1, 0.15) is 6.61 Å². The van der Waals surface area contributed by atoms with Crippen LogP contribution in [0.15, 0.2) is 60.7 Å². The van der Waals surface area contributed by atoms with Gasteiger partial charge < -0.3 is 26.0 Å². The van der Waals surface area contributed by atoms with E-state index in [1.54, 1.807) is 4.90 Å². The van der Waals surface area contributed by atoms with Crippen LogP contribution in [0.3, 0.4) is 0 Å². The van der Waals surface area contributed by atoms with Gasteiger partial charge in [0, 0.05) is 32.2 Å². The second-order valence-corrected chi connectivity index (χ2v) is 9.23. The van der Waals surface area contributed by atoms with E-state index in [1.165, 1.54) is 11.1 Å². The number of nitrogens with one attached hydrogen (secondary N) is 2. The molecule has 8 nitrogen and oxygen atoms in total. The van der Waals surface area contributed by atoms with Gasteiger partial charge in [-0.1, -0.05) is 60.7 Å². The van der Waals surface area contributed by atoms with Crippen molar-refractivity contribution in [2.75, 3.05) is 32.8 Å². The largest absolute Gasteiger partial charge is 0.387 e. The van der Waals surface area contributed by atoms with Gasteiger partial charge in [0.2, 0.25) is 12.3 Å². The van der Waals surface area contributed by atoms with Crippen molar-refractivity contribution in [2.24, 2.45) is 11.7 Å². The molecule has 1 atom stereocenters. The zero-order valence-corrected chi connectivity index (χ0v) is 21.3. The molecule has 0 spiro atoms. The molecule has 2 amide bonds. The Balaban J connectivity index is 0.000000192. The number of carbonyl (C=O) groups is 2. The number of aliphatic hydroxyl groups excluding tert-OH is 1. The van der Waals surface area contributed by atoms with Crippen LogP contribution in [0.4, 0.5) is 0 Å². The molecule has 36 heavy (non-hydrogen) atoms. The summed E-state index contributed by atoms with van der Waals surface area (Å²) in [4.78, 5) is 24.5. The summed E-state index contributed by atoms with van der Waals surface area (Å²) in [6.07, 6.45) is 5.92. The standard InChI is InChI=1S/C13H12.C8H16N4O.C7H13NO2/c1-3-7-12(8-4-1)11-13-9-5-2-6-10-13;9-8(10)12-3-1-7(2-4-12)5-11-6-13;1-6-3-2-4-8(6)7(10)5-9/h1-10H,11H2;6-7H,1-5H2,(H3,9,10)(H,11,13);6,9H,2-5H2,1H3. The number of likely N-dealkylation sites (tertiary alicyclic amines) is 2. The molecule has 2 heterocycles.